The van der Waals surface area contributed by atoms with Crippen molar-refractivity contribution in [2.45, 2.75) is 46.3 Å². The Hall–Kier alpha value is -1.11. The molecule has 20 heavy (non-hydrogen) atoms. The molecule has 114 valence electrons. The van der Waals surface area contributed by atoms with Gasteiger partial charge in [-0.25, -0.2) is 0 Å². The molecule has 0 amide bonds. The van der Waals surface area contributed by atoms with Crippen LogP contribution in [0.5, 0.6) is 0 Å². The van der Waals surface area contributed by atoms with Crippen LogP contribution in [0.2, 0.25) is 0 Å². The van der Waals surface area contributed by atoms with Crippen molar-refractivity contribution in [1.82, 2.24) is 9.62 Å². The fourth-order valence-electron chi connectivity index (χ4n) is 1.51. The molecule has 0 atom stereocenters. The van der Waals surface area contributed by atoms with E-state index < -0.39 is 10.2 Å². The fourth-order valence-corrected chi connectivity index (χ4v) is 2.64. The Balaban J connectivity index is 2.70. The van der Waals surface area contributed by atoms with Gasteiger partial charge in [0, 0.05) is 31.4 Å². The van der Waals surface area contributed by atoms with Gasteiger partial charge >= 0.3 is 10.2 Å². The number of benzene rings is 1. The third-order valence-electron chi connectivity index (χ3n) is 3.02. The topological polar surface area (TPSA) is 61.4 Å². The van der Waals surface area contributed by atoms with Gasteiger partial charge in [-0.1, -0.05) is 26.0 Å². The molecule has 0 heterocycles. The molecule has 0 fully saturated rings. The summed E-state index contributed by atoms with van der Waals surface area (Å²) in [6.07, 6.45) is 0. The lowest BCUT2D eigenvalue weighted by molar-refractivity contribution is 0.414. The molecule has 1 aromatic carbocycles. The first-order chi connectivity index (χ1) is 9.22. The molecule has 6 heteroatoms. The van der Waals surface area contributed by atoms with Gasteiger partial charge in [0.05, 0.1) is 0 Å². The molecule has 1 aromatic rings. The quantitative estimate of drug-likeness (QED) is 0.811. The van der Waals surface area contributed by atoms with Gasteiger partial charge in [0.25, 0.3) is 0 Å². The van der Waals surface area contributed by atoms with Gasteiger partial charge in [0.15, 0.2) is 0 Å². The van der Waals surface area contributed by atoms with Crippen LogP contribution in [0.15, 0.2) is 24.3 Å². The Labute approximate surface area is 122 Å². The van der Waals surface area contributed by atoms with E-state index in [0.29, 0.717) is 11.7 Å². The van der Waals surface area contributed by atoms with Gasteiger partial charge in [-0.3, -0.25) is 4.72 Å². The Kier molecular flexibility index (Phi) is 5.98. The van der Waals surface area contributed by atoms with Crippen molar-refractivity contribution >= 4 is 15.9 Å². The van der Waals surface area contributed by atoms with Gasteiger partial charge in [-0.05, 0) is 31.5 Å². The summed E-state index contributed by atoms with van der Waals surface area (Å²) in [5.74, 6) is 0. The van der Waals surface area contributed by atoms with E-state index in [-0.39, 0.29) is 6.04 Å². The summed E-state index contributed by atoms with van der Waals surface area (Å²) < 4.78 is 28.0. The zero-order valence-electron chi connectivity index (χ0n) is 12.8. The number of anilines is 1. The van der Waals surface area contributed by atoms with Crippen LogP contribution in [0.3, 0.4) is 0 Å². The average molecular weight is 299 g/mol. The molecule has 0 aliphatic carbocycles. The second-order valence-corrected chi connectivity index (χ2v) is 7.18. The first-order valence-electron chi connectivity index (χ1n) is 6.80. The molecule has 5 nitrogen and oxygen atoms in total. The van der Waals surface area contributed by atoms with Crippen molar-refractivity contribution in [1.29, 1.82) is 0 Å². The maximum Gasteiger partial charge on any atom is 0.301 e. The summed E-state index contributed by atoms with van der Waals surface area (Å²) in [4.78, 5) is 0. The largest absolute Gasteiger partial charge is 0.310 e. The van der Waals surface area contributed by atoms with E-state index in [9.17, 15) is 8.42 Å². The van der Waals surface area contributed by atoms with Crippen LogP contribution >= 0.6 is 0 Å². The summed E-state index contributed by atoms with van der Waals surface area (Å²) in [6, 6.07) is 7.74. The third-order valence-corrected chi connectivity index (χ3v) is 4.70. The van der Waals surface area contributed by atoms with E-state index in [0.717, 1.165) is 12.1 Å². The van der Waals surface area contributed by atoms with Crippen LogP contribution in [0.1, 0.15) is 33.3 Å². The maximum atomic E-state index is 12.0. The van der Waals surface area contributed by atoms with Crippen LogP contribution in [0.4, 0.5) is 5.69 Å². The van der Waals surface area contributed by atoms with E-state index in [1.165, 1.54) is 4.31 Å². The Morgan fingerprint density at radius 3 is 2.10 bits per heavy atom. The molecule has 0 saturated heterocycles. The van der Waals surface area contributed by atoms with Gasteiger partial charge < -0.3 is 5.32 Å². The second-order valence-electron chi connectivity index (χ2n) is 5.45. The standard InChI is InChI=1S/C14H25N3O2S/c1-11(2)15-10-13-6-8-14(9-7-13)16-20(18,19)17(5)12(3)4/h6-9,11-12,15-16H,10H2,1-5H3. The predicted octanol–water partition coefficient (Wildman–Crippen LogP) is 2.18. The highest BCUT2D eigenvalue weighted by Crippen LogP contribution is 2.14. The van der Waals surface area contributed by atoms with E-state index in [1.807, 2.05) is 26.0 Å². The molecule has 0 unspecified atom stereocenters. The monoisotopic (exact) mass is 299 g/mol. The fraction of sp³-hybridized carbons (Fsp3) is 0.571. The lowest BCUT2D eigenvalue weighted by Crippen LogP contribution is -2.37. The highest BCUT2D eigenvalue weighted by atomic mass is 32.2. The predicted molar refractivity (Wildman–Crippen MR) is 83.9 cm³/mol. The summed E-state index contributed by atoms with van der Waals surface area (Å²) in [5.41, 5.74) is 1.70. The molecular formula is C14H25N3O2S. The van der Waals surface area contributed by atoms with Gasteiger partial charge in [0.1, 0.15) is 0 Å². The third kappa shape index (κ3) is 5.11. The molecule has 0 bridgehead atoms. The van der Waals surface area contributed by atoms with Crippen molar-refractivity contribution in [3.05, 3.63) is 29.8 Å². The van der Waals surface area contributed by atoms with Crippen LogP contribution in [-0.2, 0) is 16.8 Å². The molecule has 0 spiro atoms. The minimum Gasteiger partial charge on any atom is -0.310 e. The number of nitrogens with one attached hydrogen (secondary N) is 2. The van der Waals surface area contributed by atoms with Gasteiger partial charge in [0.2, 0.25) is 0 Å². The zero-order chi connectivity index (χ0) is 15.3. The number of hydrogen-bond donors (Lipinski definition) is 2. The molecule has 0 saturated carbocycles. The van der Waals surface area contributed by atoms with E-state index in [4.69, 9.17) is 0 Å². The van der Waals surface area contributed by atoms with Crippen LogP contribution < -0.4 is 10.0 Å². The Bertz CT molecular complexity index is 510. The SMILES string of the molecule is CC(C)NCc1ccc(NS(=O)(=O)N(C)C(C)C)cc1. The highest BCUT2D eigenvalue weighted by molar-refractivity contribution is 7.90. The number of nitrogens with zero attached hydrogens (tertiary/aromatic N) is 1. The lowest BCUT2D eigenvalue weighted by atomic mass is 10.2. The minimum atomic E-state index is -3.48. The van der Waals surface area contributed by atoms with E-state index in [1.54, 1.807) is 19.2 Å². The first kappa shape index (κ1) is 16.9. The molecule has 0 aliphatic heterocycles. The highest BCUT2D eigenvalue weighted by Gasteiger charge is 2.19. The summed E-state index contributed by atoms with van der Waals surface area (Å²) in [6.45, 7) is 8.62. The summed E-state index contributed by atoms with van der Waals surface area (Å²) in [5, 5.41) is 3.32. The summed E-state index contributed by atoms with van der Waals surface area (Å²) >= 11 is 0. The van der Waals surface area contributed by atoms with Crippen molar-refractivity contribution in [3.8, 4) is 0 Å². The van der Waals surface area contributed by atoms with Crippen molar-refractivity contribution in [2.75, 3.05) is 11.8 Å². The van der Waals surface area contributed by atoms with Crippen molar-refractivity contribution in [3.63, 3.8) is 0 Å². The van der Waals surface area contributed by atoms with Crippen molar-refractivity contribution < 1.29 is 8.42 Å². The smallest absolute Gasteiger partial charge is 0.301 e. The molecule has 0 aliphatic rings. The van der Waals surface area contributed by atoms with Crippen LogP contribution in [0, 0.1) is 0 Å². The minimum absolute atomic E-state index is 0.0815. The Morgan fingerprint density at radius 2 is 1.65 bits per heavy atom. The number of hydrogen-bond acceptors (Lipinski definition) is 3. The first-order valence-corrected chi connectivity index (χ1v) is 8.24. The normalized spacial score (nSPS) is 12.4. The van der Waals surface area contributed by atoms with Gasteiger partial charge in [-0.2, -0.15) is 12.7 Å². The van der Waals surface area contributed by atoms with E-state index in [2.05, 4.69) is 23.9 Å². The summed E-state index contributed by atoms with van der Waals surface area (Å²) in [7, 11) is -1.92. The van der Waals surface area contributed by atoms with Crippen molar-refractivity contribution in [2.24, 2.45) is 0 Å². The molecule has 0 radical (unpaired) electrons. The second kappa shape index (κ2) is 7.06. The zero-order valence-corrected chi connectivity index (χ0v) is 13.7. The molecule has 0 aromatic heterocycles. The maximum absolute atomic E-state index is 12.0. The molecule has 2 N–H and O–H groups in total. The number of rotatable bonds is 7. The average Bonchev–Trinajstić information content (AvgIpc) is 2.36. The Morgan fingerprint density at radius 1 is 1.10 bits per heavy atom. The van der Waals surface area contributed by atoms with Crippen LogP contribution in [0.25, 0.3) is 0 Å². The van der Waals surface area contributed by atoms with Gasteiger partial charge in [-0.15, -0.1) is 0 Å². The molecule has 1 rings (SSSR count). The lowest BCUT2D eigenvalue weighted by Gasteiger charge is -2.21. The van der Waals surface area contributed by atoms with Crippen LogP contribution in [-0.4, -0.2) is 31.9 Å². The molecular weight excluding hydrogens is 274 g/mol. The van der Waals surface area contributed by atoms with E-state index >= 15 is 0 Å².